The molecule has 0 aromatic carbocycles. The Bertz CT molecular complexity index is 343. The molecule has 18 heavy (non-hydrogen) atoms. The summed E-state index contributed by atoms with van der Waals surface area (Å²) in [6, 6.07) is 4.13. The summed E-state index contributed by atoms with van der Waals surface area (Å²) in [5.41, 5.74) is 0. The van der Waals surface area contributed by atoms with Gasteiger partial charge in [-0.2, -0.15) is 10.5 Å². The first-order valence-electron chi connectivity index (χ1n) is 6.40. The van der Waals surface area contributed by atoms with Gasteiger partial charge < -0.3 is 10.1 Å². The monoisotopic (exact) mass is 249 g/mol. The van der Waals surface area contributed by atoms with E-state index in [2.05, 4.69) is 11.4 Å². The molecule has 5 nitrogen and oxygen atoms in total. The molecule has 98 valence electrons. The van der Waals surface area contributed by atoms with Crippen LogP contribution in [0.3, 0.4) is 0 Å². The molecule has 0 aliphatic heterocycles. The van der Waals surface area contributed by atoms with Crippen LogP contribution in [-0.2, 0) is 4.74 Å². The van der Waals surface area contributed by atoms with Crippen LogP contribution < -0.4 is 5.32 Å². The van der Waals surface area contributed by atoms with Crippen LogP contribution in [0.5, 0.6) is 0 Å². The summed E-state index contributed by atoms with van der Waals surface area (Å²) in [7, 11) is 0. The van der Waals surface area contributed by atoms with Crippen molar-refractivity contribution >= 4 is 6.09 Å². The summed E-state index contributed by atoms with van der Waals surface area (Å²) in [5, 5.41) is 19.7. The van der Waals surface area contributed by atoms with Gasteiger partial charge in [-0.3, -0.25) is 0 Å². The maximum absolute atomic E-state index is 11.3. The van der Waals surface area contributed by atoms with E-state index in [1.54, 1.807) is 0 Å². The average Bonchev–Trinajstić information content (AvgIpc) is 2.38. The molecule has 0 radical (unpaired) electrons. The van der Waals surface area contributed by atoms with Crippen molar-refractivity contribution in [2.45, 2.75) is 38.5 Å². The van der Waals surface area contributed by atoms with Crippen molar-refractivity contribution in [2.75, 3.05) is 13.2 Å². The highest BCUT2D eigenvalue weighted by molar-refractivity contribution is 5.67. The maximum atomic E-state index is 11.3. The lowest BCUT2D eigenvalue weighted by molar-refractivity contribution is 0.144. The zero-order valence-corrected chi connectivity index (χ0v) is 10.5. The number of carbonyl (C=O) groups is 1. The van der Waals surface area contributed by atoms with Gasteiger partial charge in [0.15, 0.2) is 0 Å². The topological polar surface area (TPSA) is 85.9 Å². The summed E-state index contributed by atoms with van der Waals surface area (Å²) in [4.78, 5) is 11.3. The van der Waals surface area contributed by atoms with E-state index in [1.807, 2.05) is 6.07 Å². The van der Waals surface area contributed by atoms with Gasteiger partial charge in [0.05, 0.1) is 18.6 Å². The van der Waals surface area contributed by atoms with Crippen molar-refractivity contribution in [1.29, 1.82) is 10.5 Å². The molecule has 1 saturated carbocycles. The van der Waals surface area contributed by atoms with E-state index in [9.17, 15) is 4.79 Å². The minimum absolute atomic E-state index is 0.143. The zero-order chi connectivity index (χ0) is 13.2. The number of amides is 1. The first-order chi connectivity index (χ1) is 8.76. The Morgan fingerprint density at radius 1 is 1.28 bits per heavy atom. The van der Waals surface area contributed by atoms with Crippen LogP contribution in [0.1, 0.15) is 38.5 Å². The van der Waals surface area contributed by atoms with E-state index in [1.165, 1.54) is 0 Å². The third-order valence-electron chi connectivity index (χ3n) is 3.25. The molecule has 1 rings (SSSR count). The van der Waals surface area contributed by atoms with Crippen molar-refractivity contribution in [3.63, 3.8) is 0 Å². The molecule has 0 aromatic rings. The molecule has 1 aliphatic rings. The number of hydrogen-bond donors (Lipinski definition) is 1. The summed E-state index contributed by atoms with van der Waals surface area (Å²) >= 11 is 0. The predicted molar refractivity (Wildman–Crippen MR) is 65.3 cm³/mol. The second-order valence-corrected chi connectivity index (χ2v) is 4.69. The van der Waals surface area contributed by atoms with E-state index in [0.717, 1.165) is 25.7 Å². The molecule has 2 atom stereocenters. The lowest BCUT2D eigenvalue weighted by Crippen LogP contribution is -2.32. The average molecular weight is 249 g/mol. The molecule has 2 unspecified atom stereocenters. The molecule has 0 heterocycles. The van der Waals surface area contributed by atoms with Crippen LogP contribution in [-0.4, -0.2) is 19.2 Å². The minimum Gasteiger partial charge on any atom is -0.448 e. The third kappa shape index (κ3) is 5.54. The summed E-state index contributed by atoms with van der Waals surface area (Å²) < 4.78 is 4.82. The van der Waals surface area contributed by atoms with Gasteiger partial charge in [-0.05, 0) is 31.1 Å². The Morgan fingerprint density at radius 3 is 2.78 bits per heavy atom. The Labute approximate surface area is 108 Å². The number of ether oxygens (including phenoxy) is 1. The summed E-state index contributed by atoms with van der Waals surface area (Å²) in [6.45, 7) is 0.747. The van der Waals surface area contributed by atoms with E-state index in [0.29, 0.717) is 24.8 Å². The quantitative estimate of drug-likeness (QED) is 0.758. The smallest absolute Gasteiger partial charge is 0.407 e. The maximum Gasteiger partial charge on any atom is 0.407 e. The van der Waals surface area contributed by atoms with Gasteiger partial charge in [-0.25, -0.2) is 4.79 Å². The standard InChI is InChI=1S/C13H19N3O2/c14-6-2-8-18-13(17)16-10-12-4-1-3-11(9-12)5-7-15/h11-12H,1-5,8-10H2,(H,16,17). The Hall–Kier alpha value is -1.75. The number of nitriles is 2. The highest BCUT2D eigenvalue weighted by Gasteiger charge is 2.22. The van der Waals surface area contributed by atoms with Crippen LogP contribution >= 0.6 is 0 Å². The van der Waals surface area contributed by atoms with E-state index >= 15 is 0 Å². The van der Waals surface area contributed by atoms with Crippen molar-refractivity contribution in [1.82, 2.24) is 5.32 Å². The SMILES string of the molecule is N#CCCOC(=O)NCC1CCCC(CC#N)C1. The molecule has 0 aromatic heterocycles. The van der Waals surface area contributed by atoms with E-state index < -0.39 is 6.09 Å². The van der Waals surface area contributed by atoms with Gasteiger partial charge in [0.1, 0.15) is 6.61 Å². The predicted octanol–water partition coefficient (Wildman–Crippen LogP) is 2.35. The number of alkyl carbamates (subject to hydrolysis) is 1. The fraction of sp³-hybridized carbons (Fsp3) is 0.769. The normalized spacial score (nSPS) is 22.6. The number of nitrogens with one attached hydrogen (secondary N) is 1. The zero-order valence-electron chi connectivity index (χ0n) is 10.5. The first-order valence-corrected chi connectivity index (χ1v) is 6.40. The third-order valence-corrected chi connectivity index (χ3v) is 3.25. The number of hydrogen-bond acceptors (Lipinski definition) is 4. The number of rotatable bonds is 5. The largest absolute Gasteiger partial charge is 0.448 e. The van der Waals surface area contributed by atoms with Gasteiger partial charge in [0, 0.05) is 13.0 Å². The fourth-order valence-electron chi connectivity index (χ4n) is 2.37. The Balaban J connectivity index is 2.16. The molecule has 5 heteroatoms. The van der Waals surface area contributed by atoms with Crippen molar-refractivity contribution in [3.05, 3.63) is 0 Å². The van der Waals surface area contributed by atoms with Gasteiger partial charge in [-0.15, -0.1) is 0 Å². The second kappa shape index (κ2) is 8.36. The molecular weight excluding hydrogens is 230 g/mol. The van der Waals surface area contributed by atoms with Gasteiger partial charge >= 0.3 is 6.09 Å². The minimum atomic E-state index is -0.451. The van der Waals surface area contributed by atoms with E-state index in [-0.39, 0.29) is 13.0 Å². The van der Waals surface area contributed by atoms with Crippen molar-refractivity contribution in [2.24, 2.45) is 11.8 Å². The lowest BCUT2D eigenvalue weighted by Gasteiger charge is -2.27. The van der Waals surface area contributed by atoms with Crippen LogP contribution in [0, 0.1) is 34.5 Å². The molecule has 0 saturated heterocycles. The first kappa shape index (κ1) is 14.3. The summed E-state index contributed by atoms with van der Waals surface area (Å²) in [5.74, 6) is 0.922. The molecule has 1 N–H and O–H groups in total. The molecule has 0 spiro atoms. The molecule has 1 amide bonds. The van der Waals surface area contributed by atoms with E-state index in [4.69, 9.17) is 15.3 Å². The fourth-order valence-corrected chi connectivity index (χ4v) is 2.37. The number of nitrogens with zero attached hydrogens (tertiary/aromatic N) is 2. The van der Waals surface area contributed by atoms with Crippen LogP contribution in [0.25, 0.3) is 0 Å². The Morgan fingerprint density at radius 2 is 2.06 bits per heavy atom. The van der Waals surface area contributed by atoms with Crippen molar-refractivity contribution < 1.29 is 9.53 Å². The molecule has 1 aliphatic carbocycles. The highest BCUT2D eigenvalue weighted by atomic mass is 16.5. The van der Waals surface area contributed by atoms with Gasteiger partial charge in [0.25, 0.3) is 0 Å². The van der Waals surface area contributed by atoms with Gasteiger partial charge in [0.2, 0.25) is 0 Å². The second-order valence-electron chi connectivity index (χ2n) is 4.69. The van der Waals surface area contributed by atoms with Crippen LogP contribution in [0.15, 0.2) is 0 Å². The Kier molecular flexibility index (Phi) is 6.64. The van der Waals surface area contributed by atoms with Crippen molar-refractivity contribution in [3.8, 4) is 12.1 Å². The highest BCUT2D eigenvalue weighted by Crippen LogP contribution is 2.30. The summed E-state index contributed by atoms with van der Waals surface area (Å²) in [6.07, 6.45) is 4.74. The lowest BCUT2D eigenvalue weighted by atomic mass is 9.80. The van der Waals surface area contributed by atoms with Crippen LogP contribution in [0.2, 0.25) is 0 Å². The molecule has 0 bridgehead atoms. The number of carbonyl (C=O) groups excluding carboxylic acids is 1. The molecule has 1 fully saturated rings. The molecular formula is C13H19N3O2. The van der Waals surface area contributed by atoms with Gasteiger partial charge in [-0.1, -0.05) is 6.42 Å². The van der Waals surface area contributed by atoms with Crippen LogP contribution in [0.4, 0.5) is 4.79 Å².